The van der Waals surface area contributed by atoms with E-state index in [0.717, 1.165) is 9.86 Å². The van der Waals surface area contributed by atoms with Crippen LogP contribution in [-0.4, -0.2) is 30.3 Å². The number of halogens is 2. The van der Waals surface area contributed by atoms with Crippen LogP contribution in [0.1, 0.15) is 16.1 Å². The van der Waals surface area contributed by atoms with Crippen molar-refractivity contribution in [3.8, 4) is 0 Å². The lowest BCUT2D eigenvalue weighted by molar-refractivity contribution is -0.116. The Bertz CT molecular complexity index is 1000. The number of nitrogens with zero attached hydrogens (tertiary/aromatic N) is 1. The molecule has 0 spiro atoms. The fraction of sp³-hybridized carbons (Fsp3) is 0.158. The van der Waals surface area contributed by atoms with E-state index in [1.54, 1.807) is 38.2 Å². The van der Waals surface area contributed by atoms with Crippen molar-refractivity contribution in [1.82, 2.24) is 4.90 Å². The van der Waals surface area contributed by atoms with Gasteiger partial charge in [0, 0.05) is 27.5 Å². The summed E-state index contributed by atoms with van der Waals surface area (Å²) in [6.07, 6.45) is 0. The van der Waals surface area contributed by atoms with Crippen molar-refractivity contribution in [3.63, 3.8) is 0 Å². The van der Waals surface area contributed by atoms with Crippen molar-refractivity contribution in [2.45, 2.75) is 6.92 Å². The minimum absolute atomic E-state index is 0.0998. The van der Waals surface area contributed by atoms with Gasteiger partial charge in [-0.3, -0.25) is 9.59 Å². The lowest BCUT2D eigenvalue weighted by Gasteiger charge is -2.16. The number of rotatable bonds is 4. The van der Waals surface area contributed by atoms with Crippen molar-refractivity contribution >= 4 is 56.0 Å². The number of nitrogens with one attached hydrogen (secondary N) is 1. The zero-order valence-electron chi connectivity index (χ0n) is 14.2. The first-order valence-electron chi connectivity index (χ1n) is 7.85. The number of amides is 2. The van der Waals surface area contributed by atoms with Gasteiger partial charge in [-0.15, -0.1) is 0 Å². The third kappa shape index (κ3) is 3.76. The van der Waals surface area contributed by atoms with Crippen LogP contribution in [0.4, 0.5) is 5.69 Å². The van der Waals surface area contributed by atoms with Crippen LogP contribution >= 0.6 is 27.5 Å². The minimum Gasteiger partial charge on any atom is -0.451 e. The lowest BCUT2D eigenvalue weighted by Crippen LogP contribution is -2.35. The topological polar surface area (TPSA) is 62.6 Å². The van der Waals surface area contributed by atoms with Crippen LogP contribution in [0.25, 0.3) is 11.0 Å². The summed E-state index contributed by atoms with van der Waals surface area (Å²) in [7, 11) is 1.56. The Balaban J connectivity index is 1.75. The lowest BCUT2D eigenvalue weighted by atomic mass is 10.1. The van der Waals surface area contributed by atoms with Crippen LogP contribution in [0.3, 0.4) is 0 Å². The van der Waals surface area contributed by atoms with Crippen molar-refractivity contribution in [2.24, 2.45) is 0 Å². The SMILES string of the molecule is Cc1c(C(=O)N(C)CC(=O)Nc2ccccc2Br)oc2ccc(Cl)cc12. The number of benzene rings is 2. The van der Waals surface area contributed by atoms with Gasteiger partial charge in [-0.05, 0) is 53.2 Å². The molecule has 1 heterocycles. The summed E-state index contributed by atoms with van der Waals surface area (Å²) < 4.78 is 6.44. The first-order valence-corrected chi connectivity index (χ1v) is 9.02. The summed E-state index contributed by atoms with van der Waals surface area (Å²) in [5, 5.41) is 4.12. The van der Waals surface area contributed by atoms with Crippen molar-refractivity contribution in [3.05, 3.63) is 63.3 Å². The highest BCUT2D eigenvalue weighted by Crippen LogP contribution is 2.28. The number of hydrogen-bond donors (Lipinski definition) is 1. The van der Waals surface area contributed by atoms with Gasteiger partial charge < -0.3 is 14.6 Å². The largest absolute Gasteiger partial charge is 0.451 e. The van der Waals surface area contributed by atoms with Crippen LogP contribution in [-0.2, 0) is 4.79 Å². The van der Waals surface area contributed by atoms with Gasteiger partial charge in [0.25, 0.3) is 5.91 Å². The fourth-order valence-corrected chi connectivity index (χ4v) is 3.17. The number of fused-ring (bicyclic) bond motifs is 1. The number of hydrogen-bond acceptors (Lipinski definition) is 3. The molecule has 2 aromatic carbocycles. The van der Waals surface area contributed by atoms with Crippen molar-refractivity contribution in [2.75, 3.05) is 18.9 Å². The summed E-state index contributed by atoms with van der Waals surface area (Å²) in [6.45, 7) is 1.70. The molecule has 0 atom stereocenters. The maximum absolute atomic E-state index is 12.7. The van der Waals surface area contributed by atoms with E-state index in [1.165, 1.54) is 4.90 Å². The van der Waals surface area contributed by atoms with Gasteiger partial charge in [0.2, 0.25) is 5.91 Å². The Kier molecular flexibility index (Phi) is 5.34. The molecule has 3 rings (SSSR count). The van der Waals surface area contributed by atoms with E-state index >= 15 is 0 Å². The Morgan fingerprint density at radius 3 is 2.69 bits per heavy atom. The Labute approximate surface area is 164 Å². The molecule has 26 heavy (non-hydrogen) atoms. The van der Waals surface area contributed by atoms with Crippen LogP contribution in [0.2, 0.25) is 5.02 Å². The number of carbonyl (C=O) groups is 2. The summed E-state index contributed by atoms with van der Waals surface area (Å²) in [6, 6.07) is 12.5. The number of likely N-dealkylation sites (N-methyl/N-ethyl adjacent to an activating group) is 1. The molecule has 0 fully saturated rings. The fourth-order valence-electron chi connectivity index (χ4n) is 2.61. The van der Waals surface area contributed by atoms with E-state index in [0.29, 0.717) is 21.9 Å². The molecule has 2 amide bonds. The summed E-state index contributed by atoms with van der Waals surface area (Å²) in [4.78, 5) is 26.2. The molecule has 0 saturated heterocycles. The molecular formula is C19H16BrClN2O3. The number of para-hydroxylation sites is 1. The zero-order valence-corrected chi connectivity index (χ0v) is 16.5. The summed E-state index contributed by atoms with van der Waals surface area (Å²) in [5.74, 6) is -0.458. The van der Waals surface area contributed by atoms with Crippen LogP contribution in [0.5, 0.6) is 0 Å². The molecule has 0 radical (unpaired) electrons. The second-order valence-corrected chi connectivity index (χ2v) is 7.18. The zero-order chi connectivity index (χ0) is 18.8. The maximum Gasteiger partial charge on any atom is 0.290 e. The van der Waals surface area contributed by atoms with E-state index in [1.807, 2.05) is 18.2 Å². The highest BCUT2D eigenvalue weighted by atomic mass is 79.9. The van der Waals surface area contributed by atoms with E-state index in [2.05, 4.69) is 21.2 Å². The molecule has 1 aromatic heterocycles. The molecule has 0 bridgehead atoms. The molecule has 7 heteroatoms. The second-order valence-electron chi connectivity index (χ2n) is 5.89. The predicted molar refractivity (Wildman–Crippen MR) is 106 cm³/mol. The van der Waals surface area contributed by atoms with Gasteiger partial charge >= 0.3 is 0 Å². The second kappa shape index (κ2) is 7.51. The molecule has 134 valence electrons. The maximum atomic E-state index is 12.7. The van der Waals surface area contributed by atoms with E-state index < -0.39 is 0 Å². The normalized spacial score (nSPS) is 10.8. The Morgan fingerprint density at radius 1 is 1.23 bits per heavy atom. The molecular weight excluding hydrogens is 420 g/mol. The van der Waals surface area contributed by atoms with E-state index in [9.17, 15) is 9.59 Å². The third-order valence-corrected chi connectivity index (χ3v) is 4.89. The van der Waals surface area contributed by atoms with Gasteiger partial charge in [-0.2, -0.15) is 0 Å². The van der Waals surface area contributed by atoms with Crippen LogP contribution in [0, 0.1) is 6.92 Å². The number of furan rings is 1. The highest BCUT2D eigenvalue weighted by Gasteiger charge is 2.22. The van der Waals surface area contributed by atoms with Crippen LogP contribution < -0.4 is 5.32 Å². The Hall–Kier alpha value is -2.31. The van der Waals surface area contributed by atoms with Crippen molar-refractivity contribution < 1.29 is 14.0 Å². The quantitative estimate of drug-likeness (QED) is 0.636. The van der Waals surface area contributed by atoms with Crippen molar-refractivity contribution in [1.29, 1.82) is 0 Å². The molecule has 5 nitrogen and oxygen atoms in total. The molecule has 0 aliphatic heterocycles. The first kappa shape index (κ1) is 18.5. The standard InChI is InChI=1S/C19H16BrClN2O3/c1-11-13-9-12(21)7-8-16(13)26-18(11)19(25)23(2)10-17(24)22-15-6-4-3-5-14(15)20/h3-9H,10H2,1-2H3,(H,22,24). The van der Waals surface area contributed by atoms with Gasteiger partial charge in [0.15, 0.2) is 5.76 Å². The molecule has 0 unspecified atom stereocenters. The first-order chi connectivity index (χ1) is 12.4. The molecule has 0 saturated carbocycles. The van der Waals surface area contributed by atoms with E-state index in [4.69, 9.17) is 16.0 Å². The number of anilines is 1. The average Bonchev–Trinajstić information content (AvgIpc) is 2.92. The summed E-state index contributed by atoms with van der Waals surface area (Å²) in [5.41, 5.74) is 1.93. The predicted octanol–water partition coefficient (Wildman–Crippen LogP) is 4.87. The third-order valence-electron chi connectivity index (χ3n) is 3.97. The monoisotopic (exact) mass is 434 g/mol. The van der Waals surface area contributed by atoms with Gasteiger partial charge in [0.05, 0.1) is 12.2 Å². The minimum atomic E-state index is -0.364. The van der Waals surface area contributed by atoms with E-state index in [-0.39, 0.29) is 24.1 Å². The molecule has 1 N–H and O–H groups in total. The average molecular weight is 436 g/mol. The molecule has 0 aliphatic carbocycles. The molecule has 3 aromatic rings. The highest BCUT2D eigenvalue weighted by molar-refractivity contribution is 9.10. The number of carbonyl (C=O) groups excluding carboxylic acids is 2. The van der Waals surface area contributed by atoms with Crippen LogP contribution in [0.15, 0.2) is 51.4 Å². The summed E-state index contributed by atoms with van der Waals surface area (Å²) >= 11 is 9.38. The molecule has 0 aliphatic rings. The smallest absolute Gasteiger partial charge is 0.290 e. The van der Waals surface area contributed by atoms with Gasteiger partial charge in [0.1, 0.15) is 5.58 Å². The number of aryl methyl sites for hydroxylation is 1. The van der Waals surface area contributed by atoms with Gasteiger partial charge in [-0.1, -0.05) is 23.7 Å². The van der Waals surface area contributed by atoms with Gasteiger partial charge in [-0.25, -0.2) is 0 Å². The Morgan fingerprint density at radius 2 is 1.96 bits per heavy atom.